The van der Waals surface area contributed by atoms with Crippen LogP contribution in [0.4, 0.5) is 0 Å². The van der Waals surface area contributed by atoms with Gasteiger partial charge >= 0.3 is 11.7 Å². The van der Waals surface area contributed by atoms with Crippen LogP contribution < -0.4 is 5.69 Å². The number of nitrogens with zero attached hydrogens (tertiary/aromatic N) is 2. The Morgan fingerprint density at radius 3 is 2.26 bits per heavy atom. The molecule has 0 saturated carbocycles. The smallest absolute Gasteiger partial charge is 0.336 e. The first-order valence-electron chi connectivity index (χ1n) is 10.6. The lowest BCUT2D eigenvalue weighted by Crippen LogP contribution is -2.30. The maximum Gasteiger partial charge on any atom is 0.336 e. The summed E-state index contributed by atoms with van der Waals surface area (Å²) in [5.41, 5.74) is 3.93. The zero-order chi connectivity index (χ0) is 22.5. The van der Waals surface area contributed by atoms with Gasteiger partial charge in [-0.05, 0) is 42.5 Å². The van der Waals surface area contributed by atoms with Gasteiger partial charge < -0.3 is 5.11 Å². The van der Waals surface area contributed by atoms with Crippen molar-refractivity contribution in [2.45, 2.75) is 53.0 Å². The molecular formula is C25H28N2O4. The van der Waals surface area contributed by atoms with Crippen LogP contribution in [0.1, 0.15) is 65.2 Å². The average molecular weight is 421 g/mol. The van der Waals surface area contributed by atoms with E-state index < -0.39 is 5.97 Å². The molecule has 0 aliphatic rings. The summed E-state index contributed by atoms with van der Waals surface area (Å²) in [5.74, 6) is -1.13. The highest BCUT2D eigenvalue weighted by molar-refractivity contribution is 5.96. The molecule has 0 fully saturated rings. The Bertz CT molecular complexity index is 1150. The van der Waals surface area contributed by atoms with Gasteiger partial charge in [-0.25, -0.2) is 14.2 Å². The molecule has 3 rings (SSSR count). The SMILES string of the molecule is CCCC(=O)n1c(C)c(CCC)n(Cc2ccc(-c3ccccc3C(=O)O)cc2)c1=O. The Morgan fingerprint density at radius 1 is 0.968 bits per heavy atom. The van der Waals surface area contributed by atoms with Gasteiger partial charge in [0.25, 0.3) is 0 Å². The fraction of sp³-hybridized carbons (Fsp3) is 0.320. The lowest BCUT2D eigenvalue weighted by atomic mass is 9.99. The summed E-state index contributed by atoms with van der Waals surface area (Å²) >= 11 is 0. The Morgan fingerprint density at radius 2 is 1.65 bits per heavy atom. The number of aromatic nitrogens is 2. The van der Waals surface area contributed by atoms with E-state index in [1.54, 1.807) is 22.8 Å². The number of imidazole rings is 1. The van der Waals surface area contributed by atoms with Gasteiger partial charge in [0, 0.05) is 17.8 Å². The van der Waals surface area contributed by atoms with Crippen molar-refractivity contribution in [3.63, 3.8) is 0 Å². The van der Waals surface area contributed by atoms with Gasteiger partial charge in [0.2, 0.25) is 5.91 Å². The zero-order valence-electron chi connectivity index (χ0n) is 18.2. The van der Waals surface area contributed by atoms with Crippen molar-refractivity contribution in [2.75, 3.05) is 0 Å². The monoisotopic (exact) mass is 420 g/mol. The summed E-state index contributed by atoms with van der Waals surface area (Å²) in [4.78, 5) is 37.1. The minimum atomic E-state index is -0.969. The second-order valence-electron chi connectivity index (χ2n) is 7.68. The predicted octanol–water partition coefficient (Wildman–Crippen LogP) is 4.76. The second-order valence-corrected chi connectivity index (χ2v) is 7.68. The van der Waals surface area contributed by atoms with Crippen molar-refractivity contribution in [1.29, 1.82) is 0 Å². The highest BCUT2D eigenvalue weighted by atomic mass is 16.4. The molecule has 3 aromatic rings. The second kappa shape index (κ2) is 9.60. The topological polar surface area (TPSA) is 81.3 Å². The Hall–Kier alpha value is -3.41. The van der Waals surface area contributed by atoms with Gasteiger partial charge in [-0.15, -0.1) is 0 Å². The maximum atomic E-state index is 13.1. The van der Waals surface area contributed by atoms with Crippen LogP contribution in [-0.4, -0.2) is 26.1 Å². The third-order valence-electron chi connectivity index (χ3n) is 5.46. The summed E-state index contributed by atoms with van der Waals surface area (Å²) in [6.45, 7) is 6.17. The van der Waals surface area contributed by atoms with Crippen molar-refractivity contribution < 1.29 is 14.7 Å². The number of carboxylic acids is 1. The summed E-state index contributed by atoms with van der Waals surface area (Å²) in [6, 6.07) is 14.4. The number of carbonyl (C=O) groups excluding carboxylic acids is 1. The van der Waals surface area contributed by atoms with Crippen LogP contribution in [-0.2, 0) is 13.0 Å². The Balaban J connectivity index is 1.97. The molecule has 1 aromatic heterocycles. The van der Waals surface area contributed by atoms with Crippen molar-refractivity contribution in [2.24, 2.45) is 0 Å². The highest BCUT2D eigenvalue weighted by Crippen LogP contribution is 2.24. The van der Waals surface area contributed by atoms with Crippen molar-refractivity contribution >= 4 is 11.9 Å². The van der Waals surface area contributed by atoms with Crippen LogP contribution in [0.2, 0.25) is 0 Å². The van der Waals surface area contributed by atoms with Crippen LogP contribution in [0, 0.1) is 6.92 Å². The fourth-order valence-electron chi connectivity index (χ4n) is 3.93. The maximum absolute atomic E-state index is 13.1. The third-order valence-corrected chi connectivity index (χ3v) is 5.46. The third kappa shape index (κ3) is 4.53. The molecule has 1 heterocycles. The van der Waals surface area contributed by atoms with E-state index in [0.717, 1.165) is 35.4 Å². The first-order valence-corrected chi connectivity index (χ1v) is 10.6. The molecular weight excluding hydrogens is 392 g/mol. The molecule has 0 unspecified atom stereocenters. The molecule has 0 bridgehead atoms. The quantitative estimate of drug-likeness (QED) is 0.569. The number of hydrogen-bond acceptors (Lipinski definition) is 3. The van der Waals surface area contributed by atoms with Crippen LogP contribution >= 0.6 is 0 Å². The van der Waals surface area contributed by atoms with Crippen molar-refractivity contribution in [3.05, 3.63) is 81.5 Å². The molecule has 0 amide bonds. The van der Waals surface area contributed by atoms with Crippen LogP contribution in [0.3, 0.4) is 0 Å². The summed E-state index contributed by atoms with van der Waals surface area (Å²) in [5, 5.41) is 9.43. The molecule has 31 heavy (non-hydrogen) atoms. The number of hydrogen-bond donors (Lipinski definition) is 1. The number of benzene rings is 2. The predicted molar refractivity (Wildman–Crippen MR) is 121 cm³/mol. The Labute approximate surface area is 181 Å². The number of aromatic carboxylic acids is 1. The van der Waals surface area contributed by atoms with Crippen molar-refractivity contribution in [1.82, 2.24) is 9.13 Å². The Kier molecular flexibility index (Phi) is 6.90. The minimum absolute atomic E-state index is 0.165. The molecule has 0 saturated heterocycles. The first-order chi connectivity index (χ1) is 14.9. The molecule has 0 atom stereocenters. The van der Waals surface area contributed by atoms with E-state index >= 15 is 0 Å². The van der Waals surface area contributed by atoms with Gasteiger partial charge in [0.15, 0.2) is 0 Å². The average Bonchev–Trinajstić information content (AvgIpc) is 2.98. The standard InChI is InChI=1S/C25H28N2O4/c1-4-8-22-17(3)27(23(28)9-5-2)25(31)26(22)16-18-12-14-19(15-13-18)20-10-6-7-11-21(20)24(29)30/h6-7,10-15H,4-5,8-9,16H2,1-3H3,(H,29,30). The molecule has 0 spiro atoms. The van der Waals surface area contributed by atoms with Gasteiger partial charge in [-0.1, -0.05) is 62.7 Å². The van der Waals surface area contributed by atoms with E-state index in [0.29, 0.717) is 24.9 Å². The molecule has 2 aromatic carbocycles. The van der Waals surface area contributed by atoms with Gasteiger partial charge in [0.1, 0.15) is 0 Å². The largest absolute Gasteiger partial charge is 0.478 e. The molecule has 0 aliphatic heterocycles. The molecule has 6 heteroatoms. The van der Waals surface area contributed by atoms with Crippen LogP contribution in [0.15, 0.2) is 53.3 Å². The van der Waals surface area contributed by atoms with E-state index in [2.05, 4.69) is 0 Å². The zero-order valence-corrected chi connectivity index (χ0v) is 18.2. The van der Waals surface area contributed by atoms with Gasteiger partial charge in [0.05, 0.1) is 12.1 Å². The molecule has 6 nitrogen and oxygen atoms in total. The summed E-state index contributed by atoms with van der Waals surface area (Å²) in [7, 11) is 0. The lowest BCUT2D eigenvalue weighted by molar-refractivity contribution is 0.0697. The van der Waals surface area contributed by atoms with E-state index in [4.69, 9.17) is 0 Å². The highest BCUT2D eigenvalue weighted by Gasteiger charge is 2.20. The van der Waals surface area contributed by atoms with Crippen molar-refractivity contribution in [3.8, 4) is 11.1 Å². The van der Waals surface area contributed by atoms with E-state index in [1.807, 2.05) is 51.1 Å². The first kappa shape index (κ1) is 22.3. The number of rotatable bonds is 8. The summed E-state index contributed by atoms with van der Waals surface area (Å²) < 4.78 is 3.00. The van der Waals surface area contributed by atoms with E-state index in [1.165, 1.54) is 4.57 Å². The summed E-state index contributed by atoms with van der Waals surface area (Å²) in [6.07, 6.45) is 2.63. The number of carbonyl (C=O) groups is 2. The van der Waals surface area contributed by atoms with E-state index in [-0.39, 0.29) is 17.2 Å². The fourth-order valence-corrected chi connectivity index (χ4v) is 3.93. The number of carboxylic acid groups (broad SMARTS) is 1. The minimum Gasteiger partial charge on any atom is -0.478 e. The molecule has 1 N–H and O–H groups in total. The molecule has 0 aliphatic carbocycles. The van der Waals surface area contributed by atoms with Gasteiger partial charge in [-0.3, -0.25) is 9.36 Å². The molecule has 162 valence electrons. The van der Waals surface area contributed by atoms with Crippen LogP contribution in [0.25, 0.3) is 11.1 Å². The lowest BCUT2D eigenvalue weighted by Gasteiger charge is -2.10. The van der Waals surface area contributed by atoms with E-state index in [9.17, 15) is 19.5 Å². The molecule has 0 radical (unpaired) electrons. The normalized spacial score (nSPS) is 10.9. The van der Waals surface area contributed by atoms with Gasteiger partial charge in [-0.2, -0.15) is 0 Å². The van der Waals surface area contributed by atoms with Crippen LogP contribution in [0.5, 0.6) is 0 Å².